The molecular formula is C10H19F5O4SSi. The minimum absolute atomic E-state index is 0.372. The summed E-state index contributed by atoms with van der Waals surface area (Å²) in [4.78, 5) is 0. The van der Waals surface area contributed by atoms with Crippen LogP contribution in [0.15, 0.2) is 0 Å². The van der Waals surface area contributed by atoms with E-state index in [2.05, 4.69) is 4.18 Å². The van der Waals surface area contributed by atoms with Gasteiger partial charge in [-0.05, 0) is 18.1 Å². The smallest absolute Gasteiger partial charge is 0.414 e. The molecule has 0 aliphatic rings. The van der Waals surface area contributed by atoms with E-state index in [9.17, 15) is 30.4 Å². The summed E-state index contributed by atoms with van der Waals surface area (Å²) in [5, 5.41) is -0.372. The molecule has 0 aromatic rings. The fourth-order valence-corrected chi connectivity index (χ4v) is 2.45. The second-order valence-electron chi connectivity index (χ2n) is 5.94. The van der Waals surface area contributed by atoms with Gasteiger partial charge in [0.05, 0.1) is 6.61 Å². The number of alkyl halides is 5. The van der Waals surface area contributed by atoms with Crippen molar-refractivity contribution in [2.75, 3.05) is 6.61 Å². The Balaban J connectivity index is 4.99. The lowest BCUT2D eigenvalue weighted by atomic mass is 10.2. The standard InChI is InChI=1S/C10H19F5O4SSi/c1-9(2,3)21(4,5)18-6-7(8(11)12)19-20(16,17)10(13,14)15/h7-8H,6H2,1-5H3. The highest BCUT2D eigenvalue weighted by atomic mass is 32.2. The van der Waals surface area contributed by atoms with Crippen molar-refractivity contribution in [1.82, 2.24) is 0 Å². The Hall–Kier alpha value is -0.263. The van der Waals surface area contributed by atoms with Gasteiger partial charge in [-0.2, -0.15) is 21.6 Å². The van der Waals surface area contributed by atoms with Crippen molar-refractivity contribution in [3.63, 3.8) is 0 Å². The van der Waals surface area contributed by atoms with Gasteiger partial charge in [0.25, 0.3) is 6.43 Å². The summed E-state index contributed by atoms with van der Waals surface area (Å²) in [5.41, 5.74) is -5.75. The number of rotatable bonds is 6. The largest absolute Gasteiger partial charge is 0.523 e. The lowest BCUT2D eigenvalue weighted by Crippen LogP contribution is -2.45. The first-order valence-corrected chi connectivity index (χ1v) is 10.2. The molecule has 0 bridgehead atoms. The highest BCUT2D eigenvalue weighted by Gasteiger charge is 2.50. The molecule has 21 heavy (non-hydrogen) atoms. The zero-order valence-electron chi connectivity index (χ0n) is 12.3. The van der Waals surface area contributed by atoms with Crippen LogP contribution < -0.4 is 0 Å². The molecule has 0 aromatic carbocycles. The van der Waals surface area contributed by atoms with E-state index in [1.807, 2.05) is 0 Å². The number of hydrogen-bond donors (Lipinski definition) is 0. The maximum absolute atomic E-state index is 12.7. The molecular weight excluding hydrogens is 339 g/mol. The highest BCUT2D eigenvalue weighted by molar-refractivity contribution is 7.87. The topological polar surface area (TPSA) is 52.6 Å². The fraction of sp³-hybridized carbons (Fsp3) is 1.00. The van der Waals surface area contributed by atoms with Crippen LogP contribution in [0.3, 0.4) is 0 Å². The van der Waals surface area contributed by atoms with Gasteiger partial charge in [-0.25, -0.2) is 8.78 Å². The highest BCUT2D eigenvalue weighted by Crippen LogP contribution is 2.37. The van der Waals surface area contributed by atoms with Crippen LogP contribution in [0.4, 0.5) is 22.0 Å². The molecule has 0 aromatic heterocycles. The van der Waals surface area contributed by atoms with Crippen LogP contribution >= 0.6 is 0 Å². The van der Waals surface area contributed by atoms with Gasteiger partial charge >= 0.3 is 15.6 Å². The van der Waals surface area contributed by atoms with E-state index in [-0.39, 0.29) is 5.04 Å². The van der Waals surface area contributed by atoms with Gasteiger partial charge in [-0.15, -0.1) is 0 Å². The Kier molecular flexibility index (Phi) is 6.38. The van der Waals surface area contributed by atoms with Gasteiger partial charge in [0.2, 0.25) is 0 Å². The summed E-state index contributed by atoms with van der Waals surface area (Å²) in [6.45, 7) is 7.84. The van der Waals surface area contributed by atoms with Crippen LogP contribution in [0.2, 0.25) is 18.1 Å². The predicted molar refractivity (Wildman–Crippen MR) is 69.0 cm³/mol. The second kappa shape index (κ2) is 6.47. The Morgan fingerprint density at radius 3 is 1.81 bits per heavy atom. The monoisotopic (exact) mass is 358 g/mol. The summed E-state index contributed by atoms with van der Waals surface area (Å²) in [5.74, 6) is 0. The average molecular weight is 358 g/mol. The molecule has 1 atom stereocenters. The molecule has 0 rings (SSSR count). The minimum atomic E-state index is -6.09. The quantitative estimate of drug-likeness (QED) is 0.316. The van der Waals surface area contributed by atoms with Gasteiger partial charge < -0.3 is 4.43 Å². The maximum atomic E-state index is 12.7. The van der Waals surface area contributed by atoms with E-state index in [1.165, 1.54) is 0 Å². The first-order chi connectivity index (χ1) is 9.01. The van der Waals surface area contributed by atoms with E-state index in [0.29, 0.717) is 0 Å². The number of halogens is 5. The van der Waals surface area contributed by atoms with E-state index in [1.54, 1.807) is 33.9 Å². The molecule has 11 heteroatoms. The van der Waals surface area contributed by atoms with Crippen LogP contribution in [0.1, 0.15) is 20.8 Å². The lowest BCUT2D eigenvalue weighted by Gasteiger charge is -2.37. The van der Waals surface area contributed by atoms with Crippen molar-refractivity contribution in [2.24, 2.45) is 0 Å². The van der Waals surface area contributed by atoms with E-state index >= 15 is 0 Å². The van der Waals surface area contributed by atoms with Crippen LogP contribution in [0.25, 0.3) is 0 Å². The SMILES string of the molecule is CC(C)(C)[Si](C)(C)OCC(OS(=O)(=O)C(F)(F)F)C(F)F. The zero-order chi connectivity index (χ0) is 17.3. The van der Waals surface area contributed by atoms with Gasteiger partial charge in [-0.1, -0.05) is 20.8 Å². The third-order valence-corrected chi connectivity index (χ3v) is 8.80. The molecule has 0 N–H and O–H groups in total. The van der Waals surface area contributed by atoms with Gasteiger partial charge in [0, 0.05) is 0 Å². The van der Waals surface area contributed by atoms with Crippen LogP contribution in [-0.2, 0) is 18.7 Å². The summed E-state index contributed by atoms with van der Waals surface area (Å²) in [7, 11) is -8.61. The van der Waals surface area contributed by atoms with E-state index in [0.717, 1.165) is 0 Å². The average Bonchev–Trinajstić information content (AvgIpc) is 2.20. The van der Waals surface area contributed by atoms with Crippen LogP contribution in [0.5, 0.6) is 0 Å². The van der Waals surface area contributed by atoms with Crippen LogP contribution in [-0.4, -0.2) is 41.4 Å². The molecule has 0 saturated heterocycles. The molecule has 1 unspecified atom stereocenters. The molecule has 0 aliphatic heterocycles. The van der Waals surface area contributed by atoms with Gasteiger partial charge in [-0.3, -0.25) is 4.18 Å². The minimum Gasteiger partial charge on any atom is -0.414 e. The first kappa shape index (κ1) is 20.7. The summed E-state index contributed by atoms with van der Waals surface area (Å²) in [6, 6.07) is 0. The van der Waals surface area contributed by atoms with Gasteiger partial charge in [0.1, 0.15) is 0 Å². The molecule has 0 fully saturated rings. The predicted octanol–water partition coefficient (Wildman–Crippen LogP) is 3.51. The molecule has 0 spiro atoms. The summed E-state index contributed by atoms with van der Waals surface area (Å²) < 4.78 is 92.1. The Morgan fingerprint density at radius 2 is 1.52 bits per heavy atom. The lowest BCUT2D eigenvalue weighted by molar-refractivity contribution is -0.0714. The van der Waals surface area contributed by atoms with Crippen molar-refractivity contribution in [2.45, 2.75) is 56.9 Å². The Labute approximate surface area is 121 Å². The normalized spacial score (nSPS) is 16.3. The van der Waals surface area contributed by atoms with Crippen molar-refractivity contribution in [1.29, 1.82) is 0 Å². The molecule has 4 nitrogen and oxygen atoms in total. The van der Waals surface area contributed by atoms with Crippen molar-refractivity contribution < 1.29 is 39.0 Å². The third kappa shape index (κ3) is 5.79. The maximum Gasteiger partial charge on any atom is 0.523 e. The Bertz CT molecular complexity index is 441. The molecule has 0 radical (unpaired) electrons. The summed E-state index contributed by atoms with van der Waals surface area (Å²) >= 11 is 0. The molecule has 0 heterocycles. The first-order valence-electron chi connectivity index (χ1n) is 5.93. The molecule has 128 valence electrons. The van der Waals surface area contributed by atoms with Crippen molar-refractivity contribution in [3.8, 4) is 0 Å². The zero-order valence-corrected chi connectivity index (χ0v) is 14.1. The van der Waals surface area contributed by atoms with E-state index < -0.39 is 43.1 Å². The second-order valence-corrected chi connectivity index (χ2v) is 12.3. The van der Waals surface area contributed by atoms with Crippen LogP contribution in [0, 0.1) is 0 Å². The molecule has 0 amide bonds. The Morgan fingerprint density at radius 1 is 1.10 bits per heavy atom. The van der Waals surface area contributed by atoms with Gasteiger partial charge in [0.15, 0.2) is 14.4 Å². The molecule has 0 saturated carbocycles. The fourth-order valence-electron chi connectivity index (χ4n) is 0.867. The molecule has 0 aliphatic carbocycles. The third-order valence-electron chi connectivity index (χ3n) is 3.23. The van der Waals surface area contributed by atoms with Crippen molar-refractivity contribution >= 4 is 18.4 Å². The van der Waals surface area contributed by atoms with E-state index in [4.69, 9.17) is 4.43 Å². The van der Waals surface area contributed by atoms with Crippen molar-refractivity contribution in [3.05, 3.63) is 0 Å². The number of hydrogen-bond acceptors (Lipinski definition) is 4. The summed E-state index contributed by atoms with van der Waals surface area (Å²) in [6.07, 6.45) is -5.92.